The number of aryl methyl sites for hydroxylation is 1. The number of carbonyl (C=O) groups is 1. The molecule has 0 spiro atoms. The number of aromatic nitrogens is 1. The summed E-state index contributed by atoms with van der Waals surface area (Å²) >= 11 is 0. The van der Waals surface area contributed by atoms with Gasteiger partial charge in [0.25, 0.3) is 0 Å². The zero-order valence-electron chi connectivity index (χ0n) is 15.3. The lowest BCUT2D eigenvalue weighted by atomic mass is 9.83. The van der Waals surface area contributed by atoms with Crippen molar-refractivity contribution in [3.8, 4) is 0 Å². The maximum Gasteiger partial charge on any atom is 0.223 e. The monoisotopic (exact) mass is 355 g/mol. The highest BCUT2D eigenvalue weighted by Crippen LogP contribution is 2.33. The molecule has 2 saturated heterocycles. The van der Waals surface area contributed by atoms with Gasteiger partial charge in [0.2, 0.25) is 5.91 Å². The Kier molecular flexibility index (Phi) is 4.81. The van der Waals surface area contributed by atoms with Crippen molar-refractivity contribution in [2.45, 2.75) is 38.4 Å². The first-order valence-corrected chi connectivity index (χ1v) is 9.46. The zero-order chi connectivity index (χ0) is 18.1. The zero-order valence-corrected chi connectivity index (χ0v) is 15.3. The van der Waals surface area contributed by atoms with E-state index in [1.807, 2.05) is 4.90 Å². The number of halogens is 1. The van der Waals surface area contributed by atoms with E-state index in [1.54, 1.807) is 12.1 Å². The van der Waals surface area contributed by atoms with Crippen LogP contribution < -0.4 is 0 Å². The molecular weight excluding hydrogens is 329 g/mol. The van der Waals surface area contributed by atoms with Gasteiger partial charge >= 0.3 is 0 Å². The van der Waals surface area contributed by atoms with Crippen LogP contribution in [0.3, 0.4) is 0 Å². The molecule has 3 heterocycles. The van der Waals surface area contributed by atoms with E-state index in [2.05, 4.69) is 34.8 Å². The van der Waals surface area contributed by atoms with E-state index in [0.717, 1.165) is 38.0 Å². The van der Waals surface area contributed by atoms with E-state index in [9.17, 15) is 9.18 Å². The second-order valence-corrected chi connectivity index (χ2v) is 7.65. The lowest BCUT2D eigenvalue weighted by Crippen LogP contribution is -2.55. The molecule has 4 rings (SSSR count). The van der Waals surface area contributed by atoms with Crippen LogP contribution in [0.5, 0.6) is 0 Å². The van der Waals surface area contributed by atoms with Crippen molar-refractivity contribution in [1.82, 2.24) is 14.4 Å². The Labute approximate surface area is 154 Å². The fourth-order valence-electron chi connectivity index (χ4n) is 4.45. The van der Waals surface area contributed by atoms with Gasteiger partial charge in [-0.25, -0.2) is 4.39 Å². The van der Waals surface area contributed by atoms with E-state index >= 15 is 0 Å². The summed E-state index contributed by atoms with van der Waals surface area (Å²) in [7, 11) is 2.09. The second-order valence-electron chi connectivity index (χ2n) is 7.65. The summed E-state index contributed by atoms with van der Waals surface area (Å²) in [6.45, 7) is 3.62. The molecule has 0 aliphatic carbocycles. The largest absolute Gasteiger partial charge is 0.353 e. The Morgan fingerprint density at radius 1 is 1.12 bits per heavy atom. The van der Waals surface area contributed by atoms with Crippen molar-refractivity contribution in [3.63, 3.8) is 0 Å². The maximum atomic E-state index is 13.1. The van der Waals surface area contributed by atoms with Crippen LogP contribution in [-0.2, 0) is 24.9 Å². The summed E-state index contributed by atoms with van der Waals surface area (Å²) in [6.07, 6.45) is 4.71. The Bertz CT molecular complexity index is 770. The number of nitrogens with zero attached hydrogens (tertiary/aromatic N) is 3. The fourth-order valence-corrected chi connectivity index (χ4v) is 4.45. The van der Waals surface area contributed by atoms with E-state index in [1.165, 1.54) is 17.8 Å². The molecule has 0 saturated carbocycles. The van der Waals surface area contributed by atoms with Crippen molar-refractivity contribution >= 4 is 5.91 Å². The number of likely N-dealkylation sites (tertiary alicyclic amines) is 2. The molecule has 4 nitrogen and oxygen atoms in total. The first-order chi connectivity index (χ1) is 12.6. The SMILES string of the molecule is Cn1cccc1CN1CC[C@H]2[C@H](CCC(=O)N2Cc2ccc(F)cc2)C1. The van der Waals surface area contributed by atoms with Gasteiger partial charge in [0.15, 0.2) is 0 Å². The summed E-state index contributed by atoms with van der Waals surface area (Å²) in [5, 5.41) is 0. The van der Waals surface area contributed by atoms with Crippen molar-refractivity contribution in [2.75, 3.05) is 13.1 Å². The highest BCUT2D eigenvalue weighted by molar-refractivity contribution is 5.77. The molecule has 0 radical (unpaired) electrons. The molecule has 138 valence electrons. The van der Waals surface area contributed by atoms with Gasteiger partial charge in [-0.05, 0) is 48.6 Å². The number of carbonyl (C=O) groups excluding carboxylic acids is 1. The number of hydrogen-bond acceptors (Lipinski definition) is 2. The first kappa shape index (κ1) is 17.3. The highest BCUT2D eigenvalue weighted by atomic mass is 19.1. The summed E-state index contributed by atoms with van der Waals surface area (Å²) < 4.78 is 15.3. The van der Waals surface area contributed by atoms with E-state index in [4.69, 9.17) is 0 Å². The van der Waals surface area contributed by atoms with Gasteiger partial charge in [0, 0.05) is 57.6 Å². The maximum absolute atomic E-state index is 13.1. The van der Waals surface area contributed by atoms with E-state index in [0.29, 0.717) is 24.9 Å². The van der Waals surface area contributed by atoms with Crippen LogP contribution in [0.1, 0.15) is 30.5 Å². The van der Waals surface area contributed by atoms with Crippen LogP contribution in [0.25, 0.3) is 0 Å². The summed E-state index contributed by atoms with van der Waals surface area (Å²) in [4.78, 5) is 17.1. The number of amides is 1. The van der Waals surface area contributed by atoms with Gasteiger partial charge in [-0.15, -0.1) is 0 Å². The molecule has 2 atom stereocenters. The average Bonchev–Trinajstić information content (AvgIpc) is 3.04. The minimum Gasteiger partial charge on any atom is -0.353 e. The van der Waals surface area contributed by atoms with Gasteiger partial charge in [-0.1, -0.05) is 12.1 Å². The lowest BCUT2D eigenvalue weighted by Gasteiger charge is -2.47. The molecule has 0 bridgehead atoms. The molecule has 5 heteroatoms. The number of benzene rings is 1. The first-order valence-electron chi connectivity index (χ1n) is 9.46. The molecule has 1 aromatic heterocycles. The fraction of sp³-hybridized carbons (Fsp3) is 0.476. The number of rotatable bonds is 4. The van der Waals surface area contributed by atoms with Gasteiger partial charge < -0.3 is 9.47 Å². The number of hydrogen-bond donors (Lipinski definition) is 0. The minimum atomic E-state index is -0.231. The highest BCUT2D eigenvalue weighted by Gasteiger charge is 2.39. The summed E-state index contributed by atoms with van der Waals surface area (Å²) in [6, 6.07) is 11.1. The predicted octanol–water partition coefficient (Wildman–Crippen LogP) is 3.18. The standard InChI is InChI=1S/C21H26FN3O/c1-23-11-2-3-19(23)15-24-12-10-20-17(14-24)6-9-21(26)25(20)13-16-4-7-18(22)8-5-16/h2-5,7-8,11,17,20H,6,9-10,12-15H2,1H3/t17-,20+/m1/s1. The third-order valence-corrected chi connectivity index (χ3v) is 5.93. The van der Waals surface area contributed by atoms with Crippen molar-refractivity contribution < 1.29 is 9.18 Å². The van der Waals surface area contributed by atoms with Gasteiger partial charge in [0.05, 0.1) is 0 Å². The minimum absolute atomic E-state index is 0.231. The second kappa shape index (κ2) is 7.23. The van der Waals surface area contributed by atoms with Gasteiger partial charge in [0.1, 0.15) is 5.82 Å². The number of piperidine rings is 2. The molecule has 2 aliphatic heterocycles. The smallest absolute Gasteiger partial charge is 0.223 e. The topological polar surface area (TPSA) is 28.5 Å². The van der Waals surface area contributed by atoms with Gasteiger partial charge in [-0.2, -0.15) is 0 Å². The molecule has 1 aromatic carbocycles. The third-order valence-electron chi connectivity index (χ3n) is 5.93. The molecule has 2 fully saturated rings. The molecule has 1 amide bonds. The molecule has 0 N–H and O–H groups in total. The molecule has 26 heavy (non-hydrogen) atoms. The van der Waals surface area contributed by atoms with Crippen molar-refractivity contribution in [2.24, 2.45) is 13.0 Å². The van der Waals surface area contributed by atoms with Crippen LogP contribution in [0.15, 0.2) is 42.6 Å². The van der Waals surface area contributed by atoms with Crippen LogP contribution in [0.2, 0.25) is 0 Å². The Morgan fingerprint density at radius 2 is 1.92 bits per heavy atom. The third kappa shape index (κ3) is 3.54. The predicted molar refractivity (Wildman–Crippen MR) is 98.8 cm³/mol. The van der Waals surface area contributed by atoms with Crippen LogP contribution >= 0.6 is 0 Å². The van der Waals surface area contributed by atoms with Crippen molar-refractivity contribution in [1.29, 1.82) is 0 Å². The average molecular weight is 355 g/mol. The molecule has 2 aromatic rings. The normalized spacial score (nSPS) is 23.9. The van der Waals surface area contributed by atoms with Gasteiger partial charge in [-0.3, -0.25) is 9.69 Å². The molecule has 2 aliphatic rings. The quantitative estimate of drug-likeness (QED) is 0.843. The van der Waals surface area contributed by atoms with Crippen LogP contribution in [0, 0.1) is 11.7 Å². The lowest BCUT2D eigenvalue weighted by molar-refractivity contribution is -0.142. The van der Waals surface area contributed by atoms with E-state index < -0.39 is 0 Å². The molecule has 0 unspecified atom stereocenters. The number of fused-ring (bicyclic) bond motifs is 1. The Balaban J connectivity index is 1.43. The van der Waals surface area contributed by atoms with Crippen LogP contribution in [0.4, 0.5) is 4.39 Å². The summed E-state index contributed by atoms with van der Waals surface area (Å²) in [5.74, 6) is 0.541. The van der Waals surface area contributed by atoms with E-state index in [-0.39, 0.29) is 11.7 Å². The van der Waals surface area contributed by atoms with Crippen LogP contribution in [-0.4, -0.2) is 39.4 Å². The van der Waals surface area contributed by atoms with Crippen molar-refractivity contribution in [3.05, 3.63) is 59.7 Å². The Hall–Kier alpha value is -2.14. The molecular formula is C21H26FN3O. The summed E-state index contributed by atoms with van der Waals surface area (Å²) in [5.41, 5.74) is 2.34. The Morgan fingerprint density at radius 3 is 2.65 bits per heavy atom.